The largest absolute Gasteiger partial charge is 0.481 e. The standard InChI is InChI=1S/C28H47N5O4/c1-15(6-9-22(36)37)17-7-8-18-23-19(13-21(35)27(17,18)3)26(2)10-11-28(14-16(26)12-20(23)34)31-24(29)30-25(32-28)33(4)5/h15-21,23,34-35H,6-14H2,1-5H3,(H,36,37)(H3,29,30,31,32)/t15?,16?,17-,18?,19?,20-,21+,23?,26+,27-,28?/m1/s1. The number of carboxylic acid groups (broad SMARTS) is 1. The molecule has 9 nitrogen and oxygen atoms in total. The minimum absolute atomic E-state index is 0.00737. The van der Waals surface area contributed by atoms with Gasteiger partial charge in [0.05, 0.1) is 12.2 Å². The molecule has 5 rings (SSSR count). The minimum atomic E-state index is -0.755. The van der Waals surface area contributed by atoms with Gasteiger partial charge < -0.3 is 26.0 Å². The van der Waals surface area contributed by atoms with Crippen molar-refractivity contribution in [3.8, 4) is 0 Å². The second-order valence-electron chi connectivity index (χ2n) is 13.6. The van der Waals surface area contributed by atoms with Crippen LogP contribution in [-0.2, 0) is 4.79 Å². The summed E-state index contributed by atoms with van der Waals surface area (Å²) < 4.78 is 0. The SMILES string of the molecule is CC(CCC(=O)O)[C@H]1CCC2C3C(C[C@H](O)[C@@]21C)[C@@]1(C)CCC2(CC1C[C@H]3O)N=C(N)NC(N(C)C)=N2. The van der Waals surface area contributed by atoms with Crippen LogP contribution in [0.25, 0.3) is 0 Å². The Hall–Kier alpha value is -1.87. The molecule has 1 spiro atoms. The number of nitrogens with two attached hydrogens (primary N) is 1. The van der Waals surface area contributed by atoms with E-state index in [1.807, 2.05) is 19.0 Å². The number of aliphatic carboxylic acids is 1. The summed E-state index contributed by atoms with van der Waals surface area (Å²) in [5.41, 5.74) is 5.32. The van der Waals surface area contributed by atoms with Crippen molar-refractivity contribution in [3.63, 3.8) is 0 Å². The van der Waals surface area contributed by atoms with Crippen molar-refractivity contribution in [2.24, 2.45) is 62.1 Å². The van der Waals surface area contributed by atoms with Gasteiger partial charge >= 0.3 is 5.97 Å². The lowest BCUT2D eigenvalue weighted by Crippen LogP contribution is -2.63. The fourth-order valence-electron chi connectivity index (χ4n) is 9.71. The molecule has 0 radical (unpaired) electrons. The maximum absolute atomic E-state index is 11.8. The van der Waals surface area contributed by atoms with Crippen molar-refractivity contribution in [1.29, 1.82) is 0 Å². The van der Waals surface area contributed by atoms with E-state index >= 15 is 0 Å². The van der Waals surface area contributed by atoms with Crippen LogP contribution in [0.3, 0.4) is 0 Å². The van der Waals surface area contributed by atoms with Gasteiger partial charge in [-0.25, -0.2) is 9.98 Å². The fraction of sp³-hybridized carbons (Fsp3) is 0.893. The summed E-state index contributed by atoms with van der Waals surface area (Å²) >= 11 is 0. The van der Waals surface area contributed by atoms with Gasteiger partial charge in [0.25, 0.3) is 0 Å². The molecule has 37 heavy (non-hydrogen) atoms. The third kappa shape index (κ3) is 4.15. The van der Waals surface area contributed by atoms with Crippen molar-refractivity contribution in [1.82, 2.24) is 10.2 Å². The van der Waals surface area contributed by atoms with Crippen molar-refractivity contribution in [2.45, 2.75) is 96.4 Å². The third-order valence-corrected chi connectivity index (χ3v) is 11.7. The predicted octanol–water partition coefficient (Wildman–Crippen LogP) is 2.62. The van der Waals surface area contributed by atoms with Gasteiger partial charge in [0.1, 0.15) is 0 Å². The van der Waals surface area contributed by atoms with Gasteiger partial charge in [0, 0.05) is 20.5 Å². The lowest BCUT2D eigenvalue weighted by Gasteiger charge is -2.64. The molecule has 6 unspecified atom stereocenters. The molecule has 6 N–H and O–H groups in total. The van der Waals surface area contributed by atoms with Crippen molar-refractivity contribution >= 4 is 17.9 Å². The topological polar surface area (TPSA) is 144 Å². The molecule has 0 amide bonds. The van der Waals surface area contributed by atoms with E-state index in [2.05, 4.69) is 26.1 Å². The smallest absolute Gasteiger partial charge is 0.303 e. The predicted molar refractivity (Wildman–Crippen MR) is 143 cm³/mol. The Bertz CT molecular complexity index is 986. The number of guanidine groups is 2. The van der Waals surface area contributed by atoms with Gasteiger partial charge in [0.2, 0.25) is 5.96 Å². The number of nitrogens with zero attached hydrogens (tertiary/aromatic N) is 3. The Balaban J connectivity index is 1.41. The monoisotopic (exact) mass is 517 g/mol. The summed E-state index contributed by atoms with van der Waals surface area (Å²) in [7, 11) is 3.88. The van der Waals surface area contributed by atoms with E-state index in [1.165, 1.54) is 0 Å². The highest BCUT2D eigenvalue weighted by atomic mass is 16.4. The molecule has 1 aliphatic heterocycles. The van der Waals surface area contributed by atoms with Gasteiger partial charge in [-0.1, -0.05) is 20.8 Å². The first-order valence-corrected chi connectivity index (χ1v) is 14.3. The molecule has 4 fully saturated rings. The summed E-state index contributed by atoms with van der Waals surface area (Å²) in [6, 6.07) is 0. The molecule has 4 saturated carbocycles. The van der Waals surface area contributed by atoms with Crippen LogP contribution in [0.1, 0.15) is 78.6 Å². The van der Waals surface area contributed by atoms with Gasteiger partial charge in [-0.3, -0.25) is 10.1 Å². The second-order valence-corrected chi connectivity index (χ2v) is 13.6. The Kier molecular flexibility index (Phi) is 6.58. The third-order valence-electron chi connectivity index (χ3n) is 11.7. The summed E-state index contributed by atoms with van der Waals surface area (Å²) in [6.07, 6.45) is 5.91. The second kappa shape index (κ2) is 9.11. The molecular formula is C28H47N5O4. The van der Waals surface area contributed by atoms with E-state index in [0.717, 1.165) is 44.5 Å². The van der Waals surface area contributed by atoms with Crippen LogP contribution in [0.5, 0.6) is 0 Å². The molecule has 11 atom stereocenters. The van der Waals surface area contributed by atoms with Crippen LogP contribution in [0.4, 0.5) is 0 Å². The molecule has 208 valence electrons. The van der Waals surface area contributed by atoms with Crippen LogP contribution in [-0.4, -0.2) is 70.1 Å². The van der Waals surface area contributed by atoms with Gasteiger partial charge in [-0.05, 0) is 97.7 Å². The highest BCUT2D eigenvalue weighted by Crippen LogP contribution is 2.69. The van der Waals surface area contributed by atoms with Gasteiger partial charge in [-0.15, -0.1) is 0 Å². The molecule has 0 aromatic rings. The summed E-state index contributed by atoms with van der Waals surface area (Å²) in [4.78, 5) is 22.9. The minimum Gasteiger partial charge on any atom is -0.481 e. The average molecular weight is 518 g/mol. The maximum Gasteiger partial charge on any atom is 0.303 e. The molecule has 0 aromatic heterocycles. The van der Waals surface area contributed by atoms with Crippen molar-refractivity contribution in [3.05, 3.63) is 0 Å². The summed E-state index contributed by atoms with van der Waals surface area (Å²) in [5, 5.41) is 35.8. The Morgan fingerprint density at radius 1 is 1.16 bits per heavy atom. The number of nitrogens with one attached hydrogen (secondary N) is 1. The lowest BCUT2D eigenvalue weighted by molar-refractivity contribution is -0.205. The Morgan fingerprint density at radius 3 is 2.57 bits per heavy atom. The van der Waals surface area contributed by atoms with Gasteiger partial charge in [0.15, 0.2) is 11.6 Å². The zero-order chi connectivity index (χ0) is 26.9. The number of carbonyl (C=O) groups is 1. The van der Waals surface area contributed by atoms with Crippen LogP contribution < -0.4 is 11.1 Å². The molecule has 4 aliphatic carbocycles. The number of carboxylic acids is 1. The summed E-state index contributed by atoms with van der Waals surface area (Å²) in [5.74, 6) is 1.82. The lowest BCUT2D eigenvalue weighted by atomic mass is 9.42. The van der Waals surface area contributed by atoms with E-state index in [4.69, 9.17) is 15.7 Å². The van der Waals surface area contributed by atoms with E-state index in [0.29, 0.717) is 18.8 Å². The molecule has 0 aromatic carbocycles. The zero-order valence-electron chi connectivity index (χ0n) is 23.2. The summed E-state index contributed by atoms with van der Waals surface area (Å²) in [6.45, 7) is 6.77. The fourth-order valence-corrected chi connectivity index (χ4v) is 9.71. The average Bonchev–Trinajstić information content (AvgIpc) is 3.17. The molecular weight excluding hydrogens is 470 g/mol. The number of aliphatic hydroxyl groups is 2. The van der Waals surface area contributed by atoms with Crippen molar-refractivity contribution in [2.75, 3.05) is 14.1 Å². The molecule has 0 bridgehead atoms. The van der Waals surface area contributed by atoms with Crippen molar-refractivity contribution < 1.29 is 20.1 Å². The zero-order valence-corrected chi connectivity index (χ0v) is 23.2. The molecule has 5 aliphatic rings. The number of rotatable bonds is 4. The van der Waals surface area contributed by atoms with E-state index in [-0.39, 0.29) is 52.8 Å². The molecule has 0 saturated heterocycles. The van der Waals surface area contributed by atoms with E-state index in [9.17, 15) is 20.1 Å². The number of aliphatic imine (C=N–C) groups is 2. The normalized spacial score (nSPS) is 47.6. The van der Waals surface area contributed by atoms with Gasteiger partial charge in [-0.2, -0.15) is 0 Å². The number of fused-ring (bicyclic) bond motifs is 5. The molecule has 9 heteroatoms. The highest BCUT2D eigenvalue weighted by molar-refractivity contribution is 5.99. The first-order chi connectivity index (χ1) is 17.3. The highest BCUT2D eigenvalue weighted by Gasteiger charge is 2.66. The quantitative estimate of drug-likeness (QED) is 0.386. The van der Waals surface area contributed by atoms with Crippen LogP contribution in [0.15, 0.2) is 9.98 Å². The van der Waals surface area contributed by atoms with Crippen LogP contribution >= 0.6 is 0 Å². The van der Waals surface area contributed by atoms with E-state index in [1.54, 1.807) is 0 Å². The maximum atomic E-state index is 11.8. The number of aliphatic hydroxyl groups excluding tert-OH is 2. The number of hydrogen-bond acceptors (Lipinski definition) is 8. The molecule has 1 heterocycles. The van der Waals surface area contributed by atoms with Crippen LogP contribution in [0, 0.1) is 46.3 Å². The van der Waals surface area contributed by atoms with E-state index < -0.39 is 23.8 Å². The first kappa shape index (κ1) is 26.7. The Labute approximate surface area is 221 Å². The Morgan fingerprint density at radius 2 is 1.89 bits per heavy atom. The number of hydrogen-bond donors (Lipinski definition) is 5. The first-order valence-electron chi connectivity index (χ1n) is 14.3. The van der Waals surface area contributed by atoms with Crippen LogP contribution in [0.2, 0.25) is 0 Å².